The van der Waals surface area contributed by atoms with E-state index in [0.717, 1.165) is 0 Å². The van der Waals surface area contributed by atoms with Gasteiger partial charge in [0.2, 0.25) is 0 Å². The molecular formula is C11H7ClN4O2. The minimum Gasteiger partial charge on any atom is -0.265 e. The Morgan fingerprint density at radius 2 is 2.17 bits per heavy atom. The number of non-ortho nitro benzene ring substituents is 1. The number of halogens is 1. The SMILES string of the molecule is Cn1ncc2nc3ccc([N+](=O)[O-])cc3c(Cl)c21. The maximum atomic E-state index is 10.8. The fourth-order valence-corrected chi connectivity index (χ4v) is 2.30. The lowest BCUT2D eigenvalue weighted by atomic mass is 10.2. The second-order valence-corrected chi connectivity index (χ2v) is 4.26. The number of benzene rings is 1. The van der Waals surface area contributed by atoms with Crippen LogP contribution < -0.4 is 0 Å². The summed E-state index contributed by atoms with van der Waals surface area (Å²) in [6.45, 7) is 0. The van der Waals surface area contributed by atoms with Gasteiger partial charge in [0, 0.05) is 24.6 Å². The van der Waals surface area contributed by atoms with Crippen molar-refractivity contribution in [2.45, 2.75) is 0 Å². The zero-order valence-electron chi connectivity index (χ0n) is 9.29. The molecule has 0 saturated carbocycles. The highest BCUT2D eigenvalue weighted by Crippen LogP contribution is 2.31. The first-order valence-corrected chi connectivity index (χ1v) is 5.51. The fourth-order valence-electron chi connectivity index (χ4n) is 1.93. The summed E-state index contributed by atoms with van der Waals surface area (Å²) in [5, 5.41) is 15.8. The summed E-state index contributed by atoms with van der Waals surface area (Å²) in [6.07, 6.45) is 1.61. The van der Waals surface area contributed by atoms with E-state index in [0.29, 0.717) is 27.0 Å². The van der Waals surface area contributed by atoms with Crippen LogP contribution in [-0.4, -0.2) is 19.7 Å². The summed E-state index contributed by atoms with van der Waals surface area (Å²) in [6, 6.07) is 4.43. The van der Waals surface area contributed by atoms with Crippen LogP contribution in [0.1, 0.15) is 0 Å². The molecule has 2 heterocycles. The van der Waals surface area contributed by atoms with Crippen LogP contribution in [0.2, 0.25) is 5.02 Å². The number of fused-ring (bicyclic) bond motifs is 2. The summed E-state index contributed by atoms with van der Waals surface area (Å²) >= 11 is 6.27. The van der Waals surface area contributed by atoms with E-state index in [1.54, 1.807) is 24.0 Å². The van der Waals surface area contributed by atoms with Crippen LogP contribution in [0.15, 0.2) is 24.4 Å². The largest absolute Gasteiger partial charge is 0.270 e. The minimum absolute atomic E-state index is 0.00674. The average molecular weight is 263 g/mol. The second kappa shape index (κ2) is 3.64. The van der Waals surface area contributed by atoms with Gasteiger partial charge in [-0.15, -0.1) is 0 Å². The molecule has 90 valence electrons. The Kier molecular flexibility index (Phi) is 2.21. The van der Waals surface area contributed by atoms with Crippen LogP contribution in [0.4, 0.5) is 5.69 Å². The molecule has 7 heteroatoms. The van der Waals surface area contributed by atoms with Gasteiger partial charge in [-0.25, -0.2) is 4.98 Å². The Morgan fingerprint density at radius 3 is 2.89 bits per heavy atom. The highest BCUT2D eigenvalue weighted by molar-refractivity contribution is 6.39. The monoisotopic (exact) mass is 262 g/mol. The molecule has 0 atom stereocenters. The number of hydrogen-bond acceptors (Lipinski definition) is 4. The van der Waals surface area contributed by atoms with E-state index in [2.05, 4.69) is 10.1 Å². The first kappa shape index (κ1) is 10.9. The first-order chi connectivity index (χ1) is 8.58. The second-order valence-electron chi connectivity index (χ2n) is 3.89. The van der Waals surface area contributed by atoms with Gasteiger partial charge in [0.15, 0.2) is 0 Å². The Hall–Kier alpha value is -2.21. The highest BCUT2D eigenvalue weighted by Gasteiger charge is 2.14. The van der Waals surface area contributed by atoms with Gasteiger partial charge in [0.05, 0.1) is 21.7 Å². The average Bonchev–Trinajstić information content (AvgIpc) is 2.71. The van der Waals surface area contributed by atoms with Gasteiger partial charge in [0.1, 0.15) is 11.0 Å². The number of nitro groups is 1. The maximum absolute atomic E-state index is 10.8. The van der Waals surface area contributed by atoms with Crippen molar-refractivity contribution in [3.8, 4) is 0 Å². The summed E-state index contributed by atoms with van der Waals surface area (Å²) in [4.78, 5) is 14.7. The molecule has 0 radical (unpaired) electrons. The van der Waals surface area contributed by atoms with Crippen molar-refractivity contribution in [2.24, 2.45) is 7.05 Å². The third-order valence-corrected chi connectivity index (χ3v) is 3.18. The lowest BCUT2D eigenvalue weighted by Crippen LogP contribution is -1.93. The number of hydrogen-bond donors (Lipinski definition) is 0. The van der Waals surface area contributed by atoms with E-state index in [4.69, 9.17) is 11.6 Å². The van der Waals surface area contributed by atoms with Crippen molar-refractivity contribution in [3.63, 3.8) is 0 Å². The van der Waals surface area contributed by atoms with Crippen LogP contribution in [0.3, 0.4) is 0 Å². The number of pyridine rings is 1. The van der Waals surface area contributed by atoms with Crippen molar-refractivity contribution in [2.75, 3.05) is 0 Å². The topological polar surface area (TPSA) is 73.8 Å². The normalized spacial score (nSPS) is 11.2. The zero-order chi connectivity index (χ0) is 12.9. The summed E-state index contributed by atoms with van der Waals surface area (Å²) in [7, 11) is 1.75. The van der Waals surface area contributed by atoms with Gasteiger partial charge in [0.25, 0.3) is 5.69 Å². The van der Waals surface area contributed by atoms with Crippen molar-refractivity contribution in [1.29, 1.82) is 0 Å². The van der Waals surface area contributed by atoms with Gasteiger partial charge in [-0.2, -0.15) is 5.10 Å². The molecule has 3 aromatic rings. The molecule has 0 unspecified atom stereocenters. The molecular weight excluding hydrogens is 256 g/mol. The van der Waals surface area contributed by atoms with Crippen molar-refractivity contribution < 1.29 is 4.92 Å². The quantitative estimate of drug-likeness (QED) is 0.499. The Morgan fingerprint density at radius 1 is 1.39 bits per heavy atom. The number of nitro benzene ring substituents is 1. The van der Waals surface area contributed by atoms with E-state index < -0.39 is 4.92 Å². The molecule has 0 saturated heterocycles. The minimum atomic E-state index is -0.455. The van der Waals surface area contributed by atoms with E-state index in [1.165, 1.54) is 12.1 Å². The third-order valence-electron chi connectivity index (χ3n) is 2.80. The molecule has 0 aliphatic heterocycles. The van der Waals surface area contributed by atoms with Crippen LogP contribution >= 0.6 is 11.6 Å². The fraction of sp³-hybridized carbons (Fsp3) is 0.0909. The van der Waals surface area contributed by atoms with Crippen molar-refractivity contribution in [3.05, 3.63) is 39.5 Å². The third kappa shape index (κ3) is 1.42. The zero-order valence-corrected chi connectivity index (χ0v) is 10.0. The van der Waals surface area contributed by atoms with Crippen LogP contribution in [0, 0.1) is 10.1 Å². The predicted octanol–water partition coefficient (Wildman–Crippen LogP) is 2.68. The summed E-state index contributed by atoms with van der Waals surface area (Å²) in [5.41, 5.74) is 1.95. The van der Waals surface area contributed by atoms with E-state index in [-0.39, 0.29) is 5.69 Å². The Bertz CT molecular complexity index is 796. The predicted molar refractivity (Wildman–Crippen MR) is 67.7 cm³/mol. The lowest BCUT2D eigenvalue weighted by molar-refractivity contribution is -0.384. The number of nitrogens with zero attached hydrogens (tertiary/aromatic N) is 4. The molecule has 0 fully saturated rings. The van der Waals surface area contributed by atoms with E-state index >= 15 is 0 Å². The van der Waals surface area contributed by atoms with E-state index in [9.17, 15) is 10.1 Å². The van der Waals surface area contributed by atoms with E-state index in [1.807, 2.05) is 0 Å². The molecule has 6 nitrogen and oxygen atoms in total. The molecule has 0 bridgehead atoms. The molecule has 0 aliphatic rings. The van der Waals surface area contributed by atoms with Gasteiger partial charge in [-0.05, 0) is 6.07 Å². The number of aromatic nitrogens is 3. The van der Waals surface area contributed by atoms with Crippen LogP contribution in [0.25, 0.3) is 21.9 Å². The smallest absolute Gasteiger partial charge is 0.265 e. The van der Waals surface area contributed by atoms with Crippen molar-refractivity contribution >= 4 is 39.2 Å². The van der Waals surface area contributed by atoms with Crippen LogP contribution in [0.5, 0.6) is 0 Å². The molecule has 0 aliphatic carbocycles. The molecule has 1 aromatic carbocycles. The van der Waals surface area contributed by atoms with Crippen molar-refractivity contribution in [1.82, 2.24) is 14.8 Å². The molecule has 3 rings (SSSR count). The lowest BCUT2D eigenvalue weighted by Gasteiger charge is -2.03. The summed E-state index contributed by atoms with van der Waals surface area (Å²) in [5.74, 6) is 0. The molecule has 0 N–H and O–H groups in total. The highest BCUT2D eigenvalue weighted by atomic mass is 35.5. The first-order valence-electron chi connectivity index (χ1n) is 5.13. The molecule has 0 spiro atoms. The summed E-state index contributed by atoms with van der Waals surface area (Å²) < 4.78 is 1.60. The maximum Gasteiger partial charge on any atom is 0.270 e. The number of rotatable bonds is 1. The molecule has 2 aromatic heterocycles. The Labute approximate surface area is 106 Å². The van der Waals surface area contributed by atoms with Gasteiger partial charge >= 0.3 is 0 Å². The Balaban J connectivity index is 2.47. The molecule has 0 amide bonds. The standard InChI is InChI=1S/C11H7ClN4O2/c1-15-11-9(5-13-15)14-8-3-2-6(16(17)18)4-7(8)10(11)12/h2-5H,1H3. The number of aryl methyl sites for hydroxylation is 1. The van der Waals surface area contributed by atoms with Gasteiger partial charge < -0.3 is 0 Å². The van der Waals surface area contributed by atoms with Crippen LogP contribution in [-0.2, 0) is 7.05 Å². The van der Waals surface area contributed by atoms with Gasteiger partial charge in [-0.3, -0.25) is 14.8 Å². The molecule has 18 heavy (non-hydrogen) atoms. The van der Waals surface area contributed by atoms with Gasteiger partial charge in [-0.1, -0.05) is 11.6 Å².